The Hall–Kier alpha value is -3.12. The van der Waals surface area contributed by atoms with Crippen molar-refractivity contribution in [3.05, 3.63) is 53.4 Å². The van der Waals surface area contributed by atoms with Crippen molar-refractivity contribution >= 4 is 17.0 Å². The van der Waals surface area contributed by atoms with Gasteiger partial charge in [-0.25, -0.2) is 18.2 Å². The summed E-state index contributed by atoms with van der Waals surface area (Å²) in [6.45, 7) is 0.739. The van der Waals surface area contributed by atoms with Gasteiger partial charge in [0.2, 0.25) is 5.95 Å². The molecule has 1 aliphatic rings. The van der Waals surface area contributed by atoms with E-state index < -0.39 is 23.8 Å². The van der Waals surface area contributed by atoms with Crippen LogP contribution in [0.2, 0.25) is 0 Å². The Morgan fingerprint density at radius 1 is 1.29 bits per heavy atom. The van der Waals surface area contributed by atoms with Gasteiger partial charge >= 0.3 is 0 Å². The van der Waals surface area contributed by atoms with Crippen LogP contribution in [0.4, 0.5) is 19.1 Å². The monoisotopic (exact) mass is 386 g/mol. The first-order valence-electron chi connectivity index (χ1n) is 8.81. The van der Waals surface area contributed by atoms with Gasteiger partial charge in [0.25, 0.3) is 0 Å². The number of aromatic nitrogens is 3. The number of nitrogens with two attached hydrogens (primary N) is 1. The molecule has 3 heterocycles. The largest absolute Gasteiger partial charge is 0.340 e. The summed E-state index contributed by atoms with van der Waals surface area (Å²) in [5, 5.41) is 8.91. The maximum Gasteiger partial charge on any atom is 0.207 e. The van der Waals surface area contributed by atoms with Gasteiger partial charge in [0.15, 0.2) is 5.82 Å². The highest BCUT2D eigenvalue weighted by molar-refractivity contribution is 5.80. The fourth-order valence-electron chi connectivity index (χ4n) is 3.45. The number of nitriles is 1. The molecule has 2 aromatic heterocycles. The molecule has 0 spiro atoms. The van der Waals surface area contributed by atoms with Gasteiger partial charge in [0, 0.05) is 31.4 Å². The first-order valence-corrected chi connectivity index (χ1v) is 8.81. The molecule has 0 amide bonds. The minimum Gasteiger partial charge on any atom is -0.340 e. The van der Waals surface area contributed by atoms with Gasteiger partial charge in [-0.3, -0.25) is 4.98 Å². The second kappa shape index (κ2) is 7.13. The third-order valence-corrected chi connectivity index (χ3v) is 4.87. The third-order valence-electron chi connectivity index (χ3n) is 4.87. The number of anilines is 1. The molecule has 0 aliphatic carbocycles. The number of rotatable bonds is 3. The molecule has 1 fully saturated rings. The van der Waals surface area contributed by atoms with Crippen molar-refractivity contribution in [2.45, 2.75) is 25.2 Å². The Bertz CT molecular complexity index is 1060. The van der Waals surface area contributed by atoms with E-state index in [0.29, 0.717) is 23.8 Å². The molecule has 1 aliphatic heterocycles. The number of halogens is 3. The molecule has 1 aromatic carbocycles. The molecule has 2 atom stereocenters. The van der Waals surface area contributed by atoms with E-state index in [9.17, 15) is 13.2 Å². The normalized spacial score (nSPS) is 19.8. The Morgan fingerprint density at radius 3 is 2.79 bits per heavy atom. The van der Waals surface area contributed by atoms with Crippen molar-refractivity contribution < 1.29 is 13.2 Å². The Balaban J connectivity index is 1.80. The van der Waals surface area contributed by atoms with E-state index in [0.717, 1.165) is 12.1 Å². The number of benzene rings is 1. The number of piperidine rings is 1. The fraction of sp³-hybridized carbons (Fsp3) is 0.316. The van der Waals surface area contributed by atoms with Crippen LogP contribution in [0.3, 0.4) is 0 Å². The maximum atomic E-state index is 14.6. The van der Waals surface area contributed by atoms with Gasteiger partial charge in [0.1, 0.15) is 23.6 Å². The molecule has 4 rings (SSSR count). The average Bonchev–Trinajstić information content (AvgIpc) is 3.03. The van der Waals surface area contributed by atoms with Crippen molar-refractivity contribution in [3.8, 4) is 6.07 Å². The highest BCUT2D eigenvalue weighted by Gasteiger charge is 2.30. The highest BCUT2D eigenvalue weighted by Crippen LogP contribution is 2.29. The topological polar surface area (TPSA) is 83.8 Å². The maximum absolute atomic E-state index is 14.6. The van der Waals surface area contributed by atoms with Crippen molar-refractivity contribution in [3.63, 3.8) is 0 Å². The zero-order chi connectivity index (χ0) is 19.8. The number of nitrogens with zero attached hydrogens (tertiary/aromatic N) is 5. The number of pyridine rings is 1. The Kier molecular flexibility index (Phi) is 4.65. The lowest BCUT2D eigenvalue weighted by Gasteiger charge is -2.34. The van der Waals surface area contributed by atoms with Crippen LogP contribution in [0.5, 0.6) is 0 Å². The number of fused-ring (bicyclic) bond motifs is 1. The lowest BCUT2D eigenvalue weighted by atomic mass is 10.1. The zero-order valence-electron chi connectivity index (χ0n) is 14.8. The standard InChI is InChI=1S/C19H17F3N6/c20-12-5-15(22)18-17(6-12)26-19(27-4-3-14(21)16(24)10-27)28(18)9-13-2-1-11(7-23)8-25-13/h1-2,5-6,8,14,16H,3-4,9-10,24H2/t14-,16+/m0/s1. The van der Waals surface area contributed by atoms with E-state index in [-0.39, 0.29) is 30.5 Å². The van der Waals surface area contributed by atoms with E-state index in [1.54, 1.807) is 21.6 Å². The third kappa shape index (κ3) is 3.27. The van der Waals surface area contributed by atoms with Crippen LogP contribution in [0, 0.1) is 23.0 Å². The summed E-state index contributed by atoms with van der Waals surface area (Å²) in [6.07, 6.45) is 0.550. The second-order valence-corrected chi connectivity index (χ2v) is 6.82. The van der Waals surface area contributed by atoms with Crippen molar-refractivity contribution in [1.82, 2.24) is 14.5 Å². The summed E-state index contributed by atoms with van der Waals surface area (Å²) in [5.74, 6) is -1.09. The van der Waals surface area contributed by atoms with Gasteiger partial charge < -0.3 is 15.2 Å². The summed E-state index contributed by atoms with van der Waals surface area (Å²) >= 11 is 0. The molecular weight excluding hydrogens is 369 g/mol. The van der Waals surface area contributed by atoms with Crippen LogP contribution in [-0.4, -0.2) is 39.8 Å². The molecular formula is C19H17F3N6. The van der Waals surface area contributed by atoms with E-state index in [4.69, 9.17) is 11.0 Å². The predicted molar refractivity (Wildman–Crippen MR) is 97.4 cm³/mol. The van der Waals surface area contributed by atoms with Gasteiger partial charge in [0.05, 0.1) is 29.4 Å². The van der Waals surface area contributed by atoms with Crippen LogP contribution in [0.15, 0.2) is 30.5 Å². The van der Waals surface area contributed by atoms with Gasteiger partial charge in [-0.15, -0.1) is 0 Å². The lowest BCUT2D eigenvalue weighted by molar-refractivity contribution is 0.243. The fourth-order valence-corrected chi connectivity index (χ4v) is 3.45. The molecule has 3 aromatic rings. The van der Waals surface area contributed by atoms with E-state index >= 15 is 0 Å². The van der Waals surface area contributed by atoms with Crippen molar-refractivity contribution in [2.24, 2.45) is 5.73 Å². The summed E-state index contributed by atoms with van der Waals surface area (Å²) in [5.41, 5.74) is 7.14. The Labute approximate surface area is 159 Å². The molecule has 0 radical (unpaired) electrons. The van der Waals surface area contributed by atoms with Crippen LogP contribution >= 0.6 is 0 Å². The van der Waals surface area contributed by atoms with Crippen LogP contribution < -0.4 is 10.6 Å². The van der Waals surface area contributed by atoms with Crippen LogP contribution in [0.1, 0.15) is 17.7 Å². The van der Waals surface area contributed by atoms with Gasteiger partial charge in [-0.05, 0) is 18.6 Å². The average molecular weight is 386 g/mol. The Morgan fingerprint density at radius 2 is 2.11 bits per heavy atom. The molecule has 28 heavy (non-hydrogen) atoms. The van der Waals surface area contributed by atoms with Crippen molar-refractivity contribution in [1.29, 1.82) is 5.26 Å². The van der Waals surface area contributed by atoms with E-state index in [1.165, 1.54) is 6.20 Å². The molecule has 0 unspecified atom stereocenters. The first kappa shape index (κ1) is 18.3. The quantitative estimate of drug-likeness (QED) is 0.748. The zero-order valence-corrected chi connectivity index (χ0v) is 14.8. The molecule has 0 saturated carbocycles. The van der Waals surface area contributed by atoms with Crippen LogP contribution in [0.25, 0.3) is 11.0 Å². The highest BCUT2D eigenvalue weighted by atomic mass is 19.1. The molecule has 6 nitrogen and oxygen atoms in total. The summed E-state index contributed by atoms with van der Waals surface area (Å²) in [6, 6.07) is 6.54. The van der Waals surface area contributed by atoms with E-state index in [1.807, 2.05) is 6.07 Å². The SMILES string of the molecule is N#Cc1ccc(Cn2c(N3CC[C@H](F)[C@H](N)C3)nc3cc(F)cc(F)c32)nc1. The number of imidazole rings is 1. The van der Waals surface area contributed by atoms with E-state index in [2.05, 4.69) is 9.97 Å². The number of alkyl halides is 1. The smallest absolute Gasteiger partial charge is 0.207 e. The number of hydrogen-bond donors (Lipinski definition) is 1. The van der Waals surface area contributed by atoms with Crippen molar-refractivity contribution in [2.75, 3.05) is 18.0 Å². The first-order chi connectivity index (χ1) is 13.5. The molecule has 1 saturated heterocycles. The predicted octanol–water partition coefficient (Wildman–Crippen LogP) is 2.50. The van der Waals surface area contributed by atoms with Gasteiger partial charge in [-0.1, -0.05) is 0 Å². The summed E-state index contributed by atoms with van der Waals surface area (Å²) < 4.78 is 43.6. The number of hydrogen-bond acceptors (Lipinski definition) is 5. The van der Waals surface area contributed by atoms with Crippen LogP contribution in [-0.2, 0) is 6.54 Å². The summed E-state index contributed by atoms with van der Waals surface area (Å²) in [4.78, 5) is 10.4. The minimum absolute atomic E-state index is 0.138. The summed E-state index contributed by atoms with van der Waals surface area (Å²) in [7, 11) is 0. The van der Waals surface area contributed by atoms with Gasteiger partial charge in [-0.2, -0.15) is 5.26 Å². The molecule has 9 heteroatoms. The minimum atomic E-state index is -1.11. The second-order valence-electron chi connectivity index (χ2n) is 6.82. The molecule has 0 bridgehead atoms. The lowest BCUT2D eigenvalue weighted by Crippen LogP contribution is -2.50. The molecule has 2 N–H and O–H groups in total. The molecule has 144 valence electrons.